The molecule has 0 radical (unpaired) electrons. The Morgan fingerprint density at radius 3 is 2.29 bits per heavy atom. The van der Waals surface area contributed by atoms with E-state index in [0.717, 1.165) is 28.0 Å². The van der Waals surface area contributed by atoms with Gasteiger partial charge in [0.15, 0.2) is 0 Å². The molecule has 0 fully saturated rings. The fourth-order valence-electron chi connectivity index (χ4n) is 3.69. The number of aryl methyl sites for hydroxylation is 4. The molecule has 0 saturated heterocycles. The number of hydrogen-bond donors (Lipinski definition) is 1. The minimum Gasteiger partial charge on any atom is -0.491 e. The van der Waals surface area contributed by atoms with Crippen LogP contribution in [0.5, 0.6) is 5.75 Å². The van der Waals surface area contributed by atoms with Crippen LogP contribution in [-0.2, 0) is 21.2 Å². The molecule has 0 aliphatic heterocycles. The molecule has 0 bridgehead atoms. The van der Waals surface area contributed by atoms with Crippen LogP contribution in [0.4, 0.5) is 5.69 Å². The van der Waals surface area contributed by atoms with Crippen molar-refractivity contribution in [3.05, 3.63) is 89.0 Å². The average Bonchev–Trinajstić information content (AvgIpc) is 2.81. The predicted molar refractivity (Wildman–Crippen MR) is 136 cm³/mol. The Bertz CT molecular complexity index is 1240. The van der Waals surface area contributed by atoms with Gasteiger partial charge < -0.3 is 10.1 Å². The van der Waals surface area contributed by atoms with Crippen molar-refractivity contribution in [1.82, 2.24) is 5.32 Å². The van der Waals surface area contributed by atoms with Gasteiger partial charge in [0.05, 0.1) is 17.1 Å². The van der Waals surface area contributed by atoms with Crippen molar-refractivity contribution in [2.24, 2.45) is 0 Å². The highest BCUT2D eigenvalue weighted by Crippen LogP contribution is 2.27. The molecule has 180 valence electrons. The normalized spacial score (nSPS) is 11.2. The van der Waals surface area contributed by atoms with Crippen molar-refractivity contribution < 1.29 is 17.9 Å². The van der Waals surface area contributed by atoms with E-state index in [1.54, 1.807) is 36.4 Å². The molecule has 6 nitrogen and oxygen atoms in total. The third-order valence-corrected chi connectivity index (χ3v) is 7.32. The molecule has 0 aliphatic carbocycles. The molecule has 0 aromatic heterocycles. The van der Waals surface area contributed by atoms with Crippen LogP contribution >= 0.6 is 0 Å². The number of hydrogen-bond acceptors (Lipinski definition) is 4. The van der Waals surface area contributed by atoms with E-state index >= 15 is 0 Å². The highest BCUT2D eigenvalue weighted by molar-refractivity contribution is 7.92. The van der Waals surface area contributed by atoms with Gasteiger partial charge in [0.25, 0.3) is 10.0 Å². The Morgan fingerprint density at radius 2 is 1.62 bits per heavy atom. The van der Waals surface area contributed by atoms with Crippen molar-refractivity contribution in [2.75, 3.05) is 24.0 Å². The van der Waals surface area contributed by atoms with Gasteiger partial charge >= 0.3 is 0 Å². The van der Waals surface area contributed by atoms with Gasteiger partial charge in [0.2, 0.25) is 5.91 Å². The number of rotatable bonds is 10. The molecule has 1 N–H and O–H groups in total. The van der Waals surface area contributed by atoms with E-state index in [0.29, 0.717) is 12.1 Å². The SMILES string of the molecule is CCc1ccccc1N(CC(=O)NCCOc1ccc(C)cc1C)S(=O)(=O)c1ccc(C)cc1. The summed E-state index contributed by atoms with van der Waals surface area (Å²) in [6.07, 6.45) is 0.640. The van der Waals surface area contributed by atoms with Gasteiger partial charge in [-0.25, -0.2) is 8.42 Å². The molecular weight excluding hydrogens is 448 g/mol. The predicted octanol–water partition coefficient (Wildman–Crippen LogP) is 4.56. The number of ether oxygens (including phenoxy) is 1. The molecule has 7 heteroatoms. The number of para-hydroxylation sites is 1. The monoisotopic (exact) mass is 480 g/mol. The number of amides is 1. The van der Waals surface area contributed by atoms with Crippen LogP contribution in [0.2, 0.25) is 0 Å². The zero-order chi connectivity index (χ0) is 24.7. The smallest absolute Gasteiger partial charge is 0.264 e. The van der Waals surface area contributed by atoms with E-state index in [-0.39, 0.29) is 24.6 Å². The summed E-state index contributed by atoms with van der Waals surface area (Å²) in [5, 5.41) is 2.78. The molecule has 3 aromatic rings. The maximum atomic E-state index is 13.5. The number of anilines is 1. The third kappa shape index (κ3) is 6.17. The Labute approximate surface area is 202 Å². The van der Waals surface area contributed by atoms with Crippen LogP contribution in [-0.4, -0.2) is 34.0 Å². The lowest BCUT2D eigenvalue weighted by atomic mass is 10.1. The molecule has 34 heavy (non-hydrogen) atoms. The van der Waals surface area contributed by atoms with Crippen LogP contribution in [0.15, 0.2) is 71.6 Å². The van der Waals surface area contributed by atoms with Crippen molar-refractivity contribution >= 4 is 21.6 Å². The summed E-state index contributed by atoms with van der Waals surface area (Å²) in [4.78, 5) is 13.0. The summed E-state index contributed by atoms with van der Waals surface area (Å²) < 4.78 is 34.1. The van der Waals surface area contributed by atoms with Crippen LogP contribution in [0.3, 0.4) is 0 Å². The highest BCUT2D eigenvalue weighted by atomic mass is 32.2. The van der Waals surface area contributed by atoms with Crippen molar-refractivity contribution in [2.45, 2.75) is 39.0 Å². The Balaban J connectivity index is 1.74. The first kappa shape index (κ1) is 25.3. The summed E-state index contributed by atoms with van der Waals surface area (Å²) in [5.41, 5.74) is 4.50. The van der Waals surface area contributed by atoms with E-state index in [4.69, 9.17) is 4.74 Å². The zero-order valence-corrected chi connectivity index (χ0v) is 21.0. The molecule has 0 aliphatic rings. The number of benzene rings is 3. The van der Waals surface area contributed by atoms with Crippen LogP contribution < -0.4 is 14.4 Å². The fraction of sp³-hybridized carbons (Fsp3) is 0.296. The quantitative estimate of drug-likeness (QED) is 0.432. The second-order valence-electron chi connectivity index (χ2n) is 8.27. The maximum absolute atomic E-state index is 13.5. The van der Waals surface area contributed by atoms with Gasteiger partial charge in [-0.1, -0.05) is 60.5 Å². The maximum Gasteiger partial charge on any atom is 0.264 e. The Morgan fingerprint density at radius 1 is 0.941 bits per heavy atom. The van der Waals surface area contributed by atoms with E-state index in [9.17, 15) is 13.2 Å². The largest absolute Gasteiger partial charge is 0.491 e. The lowest BCUT2D eigenvalue weighted by molar-refractivity contribution is -0.119. The summed E-state index contributed by atoms with van der Waals surface area (Å²) in [5.74, 6) is 0.367. The van der Waals surface area contributed by atoms with E-state index in [2.05, 4.69) is 5.32 Å². The van der Waals surface area contributed by atoms with E-state index in [1.165, 1.54) is 4.31 Å². The second kappa shape index (κ2) is 11.2. The lowest BCUT2D eigenvalue weighted by Gasteiger charge is -2.26. The summed E-state index contributed by atoms with van der Waals surface area (Å²) >= 11 is 0. The van der Waals surface area contributed by atoms with Crippen LogP contribution in [0, 0.1) is 20.8 Å². The number of nitrogens with one attached hydrogen (secondary N) is 1. The fourth-order valence-corrected chi connectivity index (χ4v) is 5.15. The summed E-state index contributed by atoms with van der Waals surface area (Å²) in [7, 11) is -3.94. The molecular formula is C27H32N2O4S. The molecule has 0 spiro atoms. The van der Waals surface area contributed by atoms with Crippen molar-refractivity contribution in [1.29, 1.82) is 0 Å². The lowest BCUT2D eigenvalue weighted by Crippen LogP contribution is -2.42. The van der Waals surface area contributed by atoms with Gasteiger partial charge in [-0.2, -0.15) is 0 Å². The van der Waals surface area contributed by atoms with Crippen LogP contribution in [0.1, 0.15) is 29.2 Å². The number of carbonyl (C=O) groups is 1. The summed E-state index contributed by atoms with van der Waals surface area (Å²) in [6, 6.07) is 19.8. The molecule has 3 aromatic carbocycles. The van der Waals surface area contributed by atoms with Gasteiger partial charge in [-0.05, 0) is 62.6 Å². The van der Waals surface area contributed by atoms with Gasteiger partial charge in [-0.15, -0.1) is 0 Å². The van der Waals surface area contributed by atoms with Gasteiger partial charge in [0, 0.05) is 0 Å². The average molecular weight is 481 g/mol. The van der Waals surface area contributed by atoms with E-state index < -0.39 is 15.9 Å². The third-order valence-electron chi connectivity index (χ3n) is 5.55. The standard InChI is InChI=1S/C27H32N2O4S/c1-5-23-8-6-7-9-25(23)29(34(31,32)24-13-10-20(2)11-14-24)19-27(30)28-16-17-33-26-15-12-21(3)18-22(26)4/h6-15,18H,5,16-17,19H2,1-4H3,(H,28,30). The topological polar surface area (TPSA) is 75.7 Å². The van der Waals surface area contributed by atoms with Crippen molar-refractivity contribution in [3.8, 4) is 5.75 Å². The summed E-state index contributed by atoms with van der Waals surface area (Å²) in [6.45, 7) is 8.07. The van der Waals surface area contributed by atoms with Gasteiger partial charge in [-0.3, -0.25) is 9.10 Å². The first-order valence-electron chi connectivity index (χ1n) is 11.4. The Kier molecular flexibility index (Phi) is 8.34. The van der Waals surface area contributed by atoms with Crippen LogP contribution in [0.25, 0.3) is 0 Å². The minimum absolute atomic E-state index is 0.148. The molecule has 0 atom stereocenters. The molecule has 3 rings (SSSR count). The minimum atomic E-state index is -3.94. The molecule has 0 unspecified atom stereocenters. The second-order valence-corrected chi connectivity index (χ2v) is 10.1. The number of sulfonamides is 1. The Hall–Kier alpha value is -3.32. The molecule has 1 amide bonds. The van der Waals surface area contributed by atoms with Gasteiger partial charge in [0.1, 0.15) is 18.9 Å². The first-order valence-corrected chi connectivity index (χ1v) is 12.8. The van der Waals surface area contributed by atoms with Crippen molar-refractivity contribution in [3.63, 3.8) is 0 Å². The van der Waals surface area contributed by atoms with E-state index in [1.807, 2.05) is 58.0 Å². The number of carbonyl (C=O) groups excluding carboxylic acids is 1. The first-order chi connectivity index (χ1) is 16.2. The zero-order valence-electron chi connectivity index (χ0n) is 20.2. The molecule has 0 heterocycles. The highest BCUT2D eigenvalue weighted by Gasteiger charge is 2.28. The molecule has 0 saturated carbocycles. The number of nitrogens with zero attached hydrogens (tertiary/aromatic N) is 1.